The second-order valence-electron chi connectivity index (χ2n) is 5.86. The Hall–Kier alpha value is -1.65. The van der Waals surface area contributed by atoms with Crippen LogP contribution in [0, 0.1) is 6.92 Å². The molecule has 4 nitrogen and oxygen atoms in total. The van der Waals surface area contributed by atoms with Gasteiger partial charge in [0.1, 0.15) is 0 Å². The van der Waals surface area contributed by atoms with Gasteiger partial charge in [0.05, 0.1) is 25.4 Å². The third-order valence-corrected chi connectivity index (χ3v) is 3.91. The summed E-state index contributed by atoms with van der Waals surface area (Å²) in [6.45, 7) is 8.54. The van der Waals surface area contributed by atoms with Crippen LogP contribution in [-0.2, 0) is 14.3 Å². The van der Waals surface area contributed by atoms with Crippen molar-refractivity contribution in [2.45, 2.75) is 59.2 Å². The quantitative estimate of drug-likeness (QED) is 0.652. The number of carbonyl (C=O) groups excluding carboxylic acids is 1. The third kappa shape index (κ3) is 6.85. The number of aliphatic hydroxyl groups excluding tert-OH is 1. The van der Waals surface area contributed by atoms with Crippen molar-refractivity contribution in [1.29, 1.82) is 0 Å². The molecule has 1 aromatic carbocycles. The highest BCUT2D eigenvalue weighted by molar-refractivity contribution is 5.69. The van der Waals surface area contributed by atoms with E-state index in [0.717, 1.165) is 16.7 Å². The van der Waals surface area contributed by atoms with Crippen LogP contribution < -0.4 is 0 Å². The van der Waals surface area contributed by atoms with E-state index in [1.54, 1.807) is 0 Å². The molecule has 0 saturated heterocycles. The number of hydrogen-bond donors (Lipinski definition) is 1. The molecule has 0 aliphatic carbocycles. The topological polar surface area (TPSA) is 55.8 Å². The minimum atomic E-state index is -0.430. The van der Waals surface area contributed by atoms with Gasteiger partial charge in [-0.05, 0) is 50.3 Å². The molecule has 0 heterocycles. The molecule has 0 aromatic heterocycles. The third-order valence-electron chi connectivity index (χ3n) is 3.91. The monoisotopic (exact) mass is 334 g/mol. The van der Waals surface area contributed by atoms with E-state index in [1.807, 2.05) is 45.1 Å². The molecule has 0 aliphatic rings. The minimum Gasteiger partial charge on any atom is -0.466 e. The van der Waals surface area contributed by atoms with Crippen molar-refractivity contribution < 1.29 is 19.4 Å². The summed E-state index contributed by atoms with van der Waals surface area (Å²) in [7, 11) is 0. The second kappa shape index (κ2) is 11.0. The fraction of sp³-hybridized carbons (Fsp3) is 0.550. The summed E-state index contributed by atoms with van der Waals surface area (Å²) < 4.78 is 10.7. The summed E-state index contributed by atoms with van der Waals surface area (Å²) in [6.07, 6.45) is 5.23. The van der Waals surface area contributed by atoms with Gasteiger partial charge >= 0.3 is 5.97 Å². The first-order valence-electron chi connectivity index (χ1n) is 8.70. The van der Waals surface area contributed by atoms with Gasteiger partial charge in [0.2, 0.25) is 0 Å². The summed E-state index contributed by atoms with van der Waals surface area (Å²) in [5.74, 6) is -0.169. The van der Waals surface area contributed by atoms with E-state index in [2.05, 4.69) is 13.0 Å². The van der Waals surface area contributed by atoms with Crippen LogP contribution in [-0.4, -0.2) is 30.4 Å². The maximum Gasteiger partial charge on any atom is 0.306 e. The highest BCUT2D eigenvalue weighted by atomic mass is 16.5. The fourth-order valence-corrected chi connectivity index (χ4v) is 2.38. The molecule has 0 spiro atoms. The van der Waals surface area contributed by atoms with Crippen LogP contribution in [0.2, 0.25) is 0 Å². The van der Waals surface area contributed by atoms with Crippen molar-refractivity contribution in [3.8, 4) is 0 Å². The zero-order chi connectivity index (χ0) is 17.9. The van der Waals surface area contributed by atoms with Gasteiger partial charge < -0.3 is 14.6 Å². The van der Waals surface area contributed by atoms with E-state index in [9.17, 15) is 9.90 Å². The van der Waals surface area contributed by atoms with Crippen molar-refractivity contribution in [3.05, 3.63) is 41.0 Å². The molecule has 0 saturated carbocycles. The number of allylic oxidation sites excluding steroid dienone is 1. The molecule has 1 aromatic rings. The highest BCUT2D eigenvalue weighted by Crippen LogP contribution is 2.25. The van der Waals surface area contributed by atoms with Crippen molar-refractivity contribution in [1.82, 2.24) is 0 Å². The second-order valence-corrected chi connectivity index (χ2v) is 5.86. The lowest BCUT2D eigenvalue weighted by Gasteiger charge is -2.19. The van der Waals surface area contributed by atoms with Crippen LogP contribution in [0.15, 0.2) is 24.3 Å². The number of aryl methyl sites for hydroxylation is 1. The first-order valence-corrected chi connectivity index (χ1v) is 8.70. The standard InChI is InChI=1S/C20H30O4/c1-5-17(21)14-24-16(4)19-12-9-10-15(3)18(19)11-7-8-13-20(22)23-6-2/h7,9-12,16-17,21H,5-6,8,13-14H2,1-4H3/b11-7+/t16-,17-/m1/s1. The maximum atomic E-state index is 11.4. The molecular formula is C20H30O4. The fourth-order valence-electron chi connectivity index (χ4n) is 2.38. The number of benzene rings is 1. The number of hydrogen-bond acceptors (Lipinski definition) is 4. The highest BCUT2D eigenvalue weighted by Gasteiger charge is 2.13. The van der Waals surface area contributed by atoms with Gasteiger partial charge in [-0.1, -0.05) is 37.3 Å². The summed E-state index contributed by atoms with van der Waals surface area (Å²) in [6, 6.07) is 6.11. The Morgan fingerprint density at radius 2 is 2.08 bits per heavy atom. The summed E-state index contributed by atoms with van der Waals surface area (Å²) in [5.41, 5.74) is 3.36. The first kappa shape index (κ1) is 20.4. The SMILES string of the molecule is CCOC(=O)CC/C=C/c1c(C)cccc1[C@@H](C)OC[C@H](O)CC. The number of carbonyl (C=O) groups is 1. The lowest BCUT2D eigenvalue weighted by Crippen LogP contribution is -2.16. The molecule has 2 atom stereocenters. The Kier molecular flexibility index (Phi) is 9.35. The maximum absolute atomic E-state index is 11.4. The van der Waals surface area contributed by atoms with Crippen LogP contribution in [0.5, 0.6) is 0 Å². The lowest BCUT2D eigenvalue weighted by atomic mass is 9.97. The Bertz CT molecular complexity index is 536. The Morgan fingerprint density at radius 3 is 2.75 bits per heavy atom. The summed E-state index contributed by atoms with van der Waals surface area (Å²) in [4.78, 5) is 11.4. The van der Waals surface area contributed by atoms with Crippen LogP contribution in [0.25, 0.3) is 6.08 Å². The molecule has 0 aliphatic heterocycles. The van der Waals surface area contributed by atoms with Crippen LogP contribution >= 0.6 is 0 Å². The predicted octanol–water partition coefficient (Wildman–Crippen LogP) is 4.20. The molecule has 134 valence electrons. The van der Waals surface area contributed by atoms with E-state index in [4.69, 9.17) is 9.47 Å². The Labute approximate surface area is 145 Å². The normalized spacial score (nSPS) is 13.9. The van der Waals surface area contributed by atoms with Gasteiger partial charge in [-0.3, -0.25) is 4.79 Å². The van der Waals surface area contributed by atoms with Crippen LogP contribution in [0.3, 0.4) is 0 Å². The molecule has 0 unspecified atom stereocenters. The first-order chi connectivity index (χ1) is 11.5. The number of aliphatic hydroxyl groups is 1. The zero-order valence-electron chi connectivity index (χ0n) is 15.2. The van der Waals surface area contributed by atoms with Crippen LogP contribution in [0.1, 0.15) is 62.8 Å². The lowest BCUT2D eigenvalue weighted by molar-refractivity contribution is -0.142. The van der Waals surface area contributed by atoms with Crippen molar-refractivity contribution >= 4 is 12.0 Å². The Balaban J connectivity index is 2.74. The number of esters is 1. The van der Waals surface area contributed by atoms with Gasteiger partial charge in [-0.15, -0.1) is 0 Å². The molecule has 0 bridgehead atoms. The van der Waals surface area contributed by atoms with E-state index < -0.39 is 6.10 Å². The largest absolute Gasteiger partial charge is 0.466 e. The molecule has 1 rings (SSSR count). The van der Waals surface area contributed by atoms with E-state index in [-0.39, 0.29) is 12.1 Å². The molecule has 24 heavy (non-hydrogen) atoms. The van der Waals surface area contributed by atoms with Crippen LogP contribution in [0.4, 0.5) is 0 Å². The smallest absolute Gasteiger partial charge is 0.306 e. The average molecular weight is 334 g/mol. The molecule has 0 fully saturated rings. The van der Waals surface area contributed by atoms with E-state index in [0.29, 0.717) is 32.5 Å². The Morgan fingerprint density at radius 1 is 1.33 bits per heavy atom. The van der Waals surface area contributed by atoms with Gasteiger partial charge in [-0.25, -0.2) is 0 Å². The van der Waals surface area contributed by atoms with Crippen molar-refractivity contribution in [2.75, 3.05) is 13.2 Å². The van der Waals surface area contributed by atoms with Gasteiger partial charge in [0.15, 0.2) is 0 Å². The minimum absolute atomic E-state index is 0.101. The average Bonchev–Trinajstić information content (AvgIpc) is 2.57. The van der Waals surface area contributed by atoms with Gasteiger partial charge in [0.25, 0.3) is 0 Å². The van der Waals surface area contributed by atoms with E-state index >= 15 is 0 Å². The summed E-state index contributed by atoms with van der Waals surface area (Å²) in [5, 5.41) is 9.66. The molecule has 1 N–H and O–H groups in total. The number of rotatable bonds is 10. The zero-order valence-corrected chi connectivity index (χ0v) is 15.2. The predicted molar refractivity (Wildman–Crippen MR) is 96.7 cm³/mol. The van der Waals surface area contributed by atoms with E-state index in [1.165, 1.54) is 0 Å². The summed E-state index contributed by atoms with van der Waals surface area (Å²) >= 11 is 0. The molecule has 4 heteroatoms. The van der Waals surface area contributed by atoms with Crippen molar-refractivity contribution in [3.63, 3.8) is 0 Å². The molecule has 0 radical (unpaired) electrons. The van der Waals surface area contributed by atoms with Crippen molar-refractivity contribution in [2.24, 2.45) is 0 Å². The molecule has 0 amide bonds. The molecular weight excluding hydrogens is 304 g/mol. The van der Waals surface area contributed by atoms with Gasteiger partial charge in [0, 0.05) is 6.42 Å². The number of ether oxygens (including phenoxy) is 2. The van der Waals surface area contributed by atoms with Gasteiger partial charge in [-0.2, -0.15) is 0 Å².